The molecule has 0 aliphatic carbocycles. The minimum Gasteiger partial charge on any atom is -0.337 e. The van der Waals surface area contributed by atoms with Crippen molar-refractivity contribution in [3.63, 3.8) is 0 Å². The summed E-state index contributed by atoms with van der Waals surface area (Å²) in [4.78, 5) is 12.3. The molecule has 92 valence electrons. The number of pyridine rings is 1. The third kappa shape index (κ3) is 1.66. The molecule has 0 atom stereocenters. The van der Waals surface area contributed by atoms with Gasteiger partial charge in [-0.25, -0.2) is 9.97 Å². The Morgan fingerprint density at radius 3 is 2.89 bits per heavy atom. The van der Waals surface area contributed by atoms with Gasteiger partial charge in [-0.1, -0.05) is 12.1 Å². The molecular weight excluding hydrogens is 304 g/mol. The molecule has 19 heavy (non-hydrogen) atoms. The number of rotatable bonds is 1. The number of H-pyrrole nitrogens is 1. The molecule has 0 unspecified atom stereocenters. The molecule has 0 aliphatic rings. The average molecular weight is 313 g/mol. The fourth-order valence-electron chi connectivity index (χ4n) is 2.22. The second kappa shape index (κ2) is 3.93. The van der Waals surface area contributed by atoms with E-state index in [0.29, 0.717) is 0 Å². The Morgan fingerprint density at radius 1 is 1.11 bits per heavy atom. The number of para-hydroxylation sites is 2. The van der Waals surface area contributed by atoms with Crippen molar-refractivity contribution in [1.82, 2.24) is 19.4 Å². The largest absolute Gasteiger partial charge is 0.337 e. The Kier molecular flexibility index (Phi) is 2.22. The molecule has 0 amide bonds. The lowest BCUT2D eigenvalue weighted by atomic mass is 10.3. The van der Waals surface area contributed by atoms with Crippen molar-refractivity contribution in [3.05, 3.63) is 53.4 Å². The second-order valence-electron chi connectivity index (χ2n) is 4.34. The van der Waals surface area contributed by atoms with Gasteiger partial charge in [0.2, 0.25) is 0 Å². The van der Waals surface area contributed by atoms with Crippen molar-refractivity contribution in [1.29, 1.82) is 0 Å². The van der Waals surface area contributed by atoms with Crippen LogP contribution in [0.2, 0.25) is 0 Å². The number of hydrogen-bond donors (Lipinski definition) is 1. The van der Waals surface area contributed by atoms with E-state index >= 15 is 0 Å². The van der Waals surface area contributed by atoms with Crippen LogP contribution in [0.1, 0.15) is 0 Å². The van der Waals surface area contributed by atoms with E-state index < -0.39 is 0 Å². The third-order valence-corrected chi connectivity index (χ3v) is 3.58. The zero-order valence-corrected chi connectivity index (χ0v) is 11.4. The molecule has 4 rings (SSSR count). The highest BCUT2D eigenvalue weighted by molar-refractivity contribution is 9.10. The van der Waals surface area contributed by atoms with E-state index in [4.69, 9.17) is 0 Å². The summed E-state index contributed by atoms with van der Waals surface area (Å²) in [7, 11) is 0. The number of benzene rings is 1. The van der Waals surface area contributed by atoms with Crippen LogP contribution in [-0.2, 0) is 0 Å². The van der Waals surface area contributed by atoms with Crippen LogP contribution in [0, 0.1) is 0 Å². The number of aromatic amines is 1. The molecule has 3 aromatic heterocycles. The van der Waals surface area contributed by atoms with Crippen LogP contribution in [0.25, 0.3) is 28.1 Å². The molecule has 5 heteroatoms. The lowest BCUT2D eigenvalue weighted by Gasteiger charge is -1.96. The number of hydrogen-bond acceptors (Lipinski definition) is 2. The van der Waals surface area contributed by atoms with Crippen molar-refractivity contribution in [2.24, 2.45) is 0 Å². The van der Waals surface area contributed by atoms with E-state index in [0.717, 1.165) is 32.5 Å². The summed E-state index contributed by atoms with van der Waals surface area (Å²) in [5.74, 6) is 0.797. The fraction of sp³-hybridized carbons (Fsp3) is 0. The van der Waals surface area contributed by atoms with Crippen molar-refractivity contribution in [2.75, 3.05) is 0 Å². The second-order valence-corrected chi connectivity index (χ2v) is 5.25. The Morgan fingerprint density at radius 2 is 2.00 bits per heavy atom. The van der Waals surface area contributed by atoms with Gasteiger partial charge >= 0.3 is 0 Å². The van der Waals surface area contributed by atoms with Crippen LogP contribution in [0.3, 0.4) is 0 Å². The maximum atomic E-state index is 4.58. The molecule has 1 N–H and O–H groups in total. The van der Waals surface area contributed by atoms with E-state index in [1.165, 1.54) is 0 Å². The molecule has 4 nitrogen and oxygen atoms in total. The summed E-state index contributed by atoms with van der Waals surface area (Å²) in [5.41, 5.74) is 3.87. The molecule has 0 saturated carbocycles. The summed E-state index contributed by atoms with van der Waals surface area (Å²) in [6.07, 6.45) is 3.77. The van der Waals surface area contributed by atoms with Gasteiger partial charge in [-0.05, 0) is 40.2 Å². The van der Waals surface area contributed by atoms with Gasteiger partial charge in [-0.15, -0.1) is 0 Å². The van der Waals surface area contributed by atoms with Gasteiger partial charge in [-0.3, -0.25) is 0 Å². The number of imidazole rings is 2. The first-order valence-corrected chi connectivity index (χ1v) is 6.68. The maximum absolute atomic E-state index is 4.58. The van der Waals surface area contributed by atoms with Crippen LogP contribution in [0.5, 0.6) is 0 Å². The third-order valence-electron chi connectivity index (χ3n) is 3.11. The standard InChI is InChI=1S/C14H9BrN4/c15-9-5-6-12-13(16-8-19(12)7-9)14-17-10-3-1-2-4-11(10)18-14/h1-8H,(H,17,18). The Hall–Kier alpha value is -2.14. The first-order chi connectivity index (χ1) is 9.31. The molecule has 3 heterocycles. The van der Waals surface area contributed by atoms with Crippen molar-refractivity contribution in [2.45, 2.75) is 0 Å². The quantitative estimate of drug-likeness (QED) is 0.583. The predicted molar refractivity (Wildman–Crippen MR) is 78.0 cm³/mol. The normalized spacial score (nSPS) is 11.4. The zero-order chi connectivity index (χ0) is 12.8. The molecule has 4 aromatic rings. The number of nitrogens with one attached hydrogen (secondary N) is 1. The highest BCUT2D eigenvalue weighted by Crippen LogP contribution is 2.24. The predicted octanol–water partition coefficient (Wildman–Crippen LogP) is 3.64. The highest BCUT2D eigenvalue weighted by Gasteiger charge is 2.11. The topological polar surface area (TPSA) is 46.0 Å². The summed E-state index contributed by atoms with van der Waals surface area (Å²) in [6, 6.07) is 12.0. The van der Waals surface area contributed by atoms with E-state index in [1.807, 2.05) is 47.0 Å². The van der Waals surface area contributed by atoms with E-state index in [9.17, 15) is 0 Å². The van der Waals surface area contributed by atoms with Crippen molar-refractivity contribution >= 4 is 32.5 Å². The molecular formula is C14H9BrN4. The lowest BCUT2D eigenvalue weighted by Crippen LogP contribution is -1.84. The molecule has 0 fully saturated rings. The first-order valence-electron chi connectivity index (χ1n) is 5.88. The van der Waals surface area contributed by atoms with E-state index in [2.05, 4.69) is 30.9 Å². The molecule has 1 aromatic carbocycles. The number of fused-ring (bicyclic) bond motifs is 2. The number of halogens is 1. The van der Waals surface area contributed by atoms with Gasteiger partial charge in [0.25, 0.3) is 0 Å². The molecule has 0 radical (unpaired) electrons. The fourth-order valence-corrected chi connectivity index (χ4v) is 2.57. The maximum Gasteiger partial charge on any atom is 0.159 e. The first kappa shape index (κ1) is 10.8. The van der Waals surface area contributed by atoms with Crippen LogP contribution in [0.4, 0.5) is 0 Å². The summed E-state index contributed by atoms with van der Waals surface area (Å²) in [6.45, 7) is 0. The Labute approximate surface area is 117 Å². The number of aromatic nitrogens is 4. The van der Waals surface area contributed by atoms with Crippen LogP contribution in [0.15, 0.2) is 53.4 Å². The van der Waals surface area contributed by atoms with Gasteiger partial charge in [-0.2, -0.15) is 0 Å². The summed E-state index contributed by atoms with van der Waals surface area (Å²) in [5, 5.41) is 0. The smallest absolute Gasteiger partial charge is 0.159 e. The Balaban J connectivity index is 1.98. The molecule has 0 spiro atoms. The minimum atomic E-state index is 0.797. The van der Waals surface area contributed by atoms with Crippen LogP contribution >= 0.6 is 15.9 Å². The van der Waals surface area contributed by atoms with Crippen LogP contribution in [-0.4, -0.2) is 19.4 Å². The lowest BCUT2D eigenvalue weighted by molar-refractivity contribution is 1.14. The highest BCUT2D eigenvalue weighted by atomic mass is 79.9. The Bertz CT molecular complexity index is 858. The number of nitrogens with zero attached hydrogens (tertiary/aromatic N) is 3. The van der Waals surface area contributed by atoms with Gasteiger partial charge < -0.3 is 9.38 Å². The molecule has 0 saturated heterocycles. The molecule has 0 aliphatic heterocycles. The SMILES string of the molecule is Brc1ccc2c(-c3nc4ccccc4[nH]3)ncn2c1. The van der Waals surface area contributed by atoms with Gasteiger partial charge in [0.05, 0.1) is 16.6 Å². The molecule has 0 bridgehead atoms. The van der Waals surface area contributed by atoms with Crippen LogP contribution < -0.4 is 0 Å². The monoisotopic (exact) mass is 312 g/mol. The van der Waals surface area contributed by atoms with Gasteiger partial charge in [0.15, 0.2) is 5.82 Å². The van der Waals surface area contributed by atoms with E-state index in [-0.39, 0.29) is 0 Å². The van der Waals surface area contributed by atoms with Gasteiger partial charge in [0.1, 0.15) is 12.0 Å². The van der Waals surface area contributed by atoms with E-state index in [1.54, 1.807) is 6.33 Å². The summed E-state index contributed by atoms with van der Waals surface area (Å²) >= 11 is 3.45. The zero-order valence-electron chi connectivity index (χ0n) is 9.84. The minimum absolute atomic E-state index is 0.797. The van der Waals surface area contributed by atoms with Crippen molar-refractivity contribution in [3.8, 4) is 11.5 Å². The average Bonchev–Trinajstić information content (AvgIpc) is 3.00. The van der Waals surface area contributed by atoms with Gasteiger partial charge in [0, 0.05) is 10.7 Å². The summed E-state index contributed by atoms with van der Waals surface area (Å²) < 4.78 is 3.00. The van der Waals surface area contributed by atoms with Crippen molar-refractivity contribution < 1.29 is 0 Å².